The van der Waals surface area contributed by atoms with Crippen molar-refractivity contribution in [2.75, 3.05) is 0 Å². The summed E-state index contributed by atoms with van der Waals surface area (Å²) in [5.74, 6) is -0.658. The molecule has 1 aromatic carbocycles. The summed E-state index contributed by atoms with van der Waals surface area (Å²) in [7, 11) is 0. The lowest BCUT2D eigenvalue weighted by Crippen LogP contribution is -1.95. The quantitative estimate of drug-likeness (QED) is 0.580. The Morgan fingerprint density at radius 3 is 2.88 bits per heavy atom. The van der Waals surface area contributed by atoms with Crippen molar-refractivity contribution in [3.8, 4) is 6.07 Å². The van der Waals surface area contributed by atoms with Crippen LogP contribution in [-0.4, -0.2) is 4.92 Å². The molecule has 1 rings (SSSR count). The average molecular weight is 220 g/mol. The van der Waals surface area contributed by atoms with Crippen LogP contribution in [0.25, 0.3) is 6.08 Å². The number of rotatable bonds is 3. The second kappa shape index (κ2) is 5.03. The Morgan fingerprint density at radius 1 is 1.62 bits per heavy atom. The molecule has 0 heterocycles. The van der Waals surface area contributed by atoms with Gasteiger partial charge in [-0.05, 0) is 18.6 Å². The van der Waals surface area contributed by atoms with E-state index in [-0.39, 0.29) is 12.1 Å². The van der Waals surface area contributed by atoms with E-state index in [0.717, 1.165) is 6.07 Å². The molecular formula is C11H9FN2O2. The molecule has 0 amide bonds. The third kappa shape index (κ3) is 2.64. The van der Waals surface area contributed by atoms with Crippen LogP contribution < -0.4 is 0 Å². The van der Waals surface area contributed by atoms with Crippen molar-refractivity contribution in [3.05, 3.63) is 45.3 Å². The molecule has 0 N–H and O–H groups in total. The Balaban J connectivity index is 3.20. The maximum absolute atomic E-state index is 13.1. The largest absolute Gasteiger partial charge is 0.275 e. The lowest BCUT2D eigenvalue weighted by molar-refractivity contribution is -0.385. The number of nitrogens with zero attached hydrogens (tertiary/aromatic N) is 2. The number of hydrogen-bond acceptors (Lipinski definition) is 3. The van der Waals surface area contributed by atoms with Crippen LogP contribution in [0.15, 0.2) is 18.2 Å². The van der Waals surface area contributed by atoms with Gasteiger partial charge < -0.3 is 0 Å². The second-order valence-corrected chi connectivity index (χ2v) is 3.16. The van der Waals surface area contributed by atoms with Crippen LogP contribution in [0.2, 0.25) is 0 Å². The van der Waals surface area contributed by atoms with E-state index >= 15 is 0 Å². The molecule has 0 aromatic heterocycles. The molecule has 0 unspecified atom stereocenters. The minimum Gasteiger partial charge on any atom is -0.258 e. The van der Waals surface area contributed by atoms with E-state index in [9.17, 15) is 14.5 Å². The van der Waals surface area contributed by atoms with Crippen LogP contribution in [0.1, 0.15) is 17.5 Å². The van der Waals surface area contributed by atoms with Gasteiger partial charge in [0.15, 0.2) is 0 Å². The molecule has 0 aliphatic carbocycles. The topological polar surface area (TPSA) is 66.9 Å². The SMILES string of the molecule is Cc1c(C=CCC#N)cc(F)cc1[N+](=O)[O-]. The zero-order valence-corrected chi connectivity index (χ0v) is 8.61. The monoisotopic (exact) mass is 220 g/mol. The minimum absolute atomic E-state index is 0.184. The number of allylic oxidation sites excluding steroid dienone is 1. The molecule has 4 nitrogen and oxygen atoms in total. The van der Waals surface area contributed by atoms with Gasteiger partial charge in [0.05, 0.1) is 23.5 Å². The van der Waals surface area contributed by atoms with Crippen LogP contribution in [0.5, 0.6) is 0 Å². The number of benzene rings is 1. The van der Waals surface area contributed by atoms with Gasteiger partial charge in [0.1, 0.15) is 5.82 Å². The molecule has 16 heavy (non-hydrogen) atoms. The molecule has 0 saturated heterocycles. The number of nitriles is 1. The van der Waals surface area contributed by atoms with Crippen LogP contribution in [0, 0.1) is 34.2 Å². The standard InChI is InChI=1S/C11H9FN2O2/c1-8-9(4-2-3-5-13)6-10(12)7-11(8)14(15)16/h2,4,6-7H,3H2,1H3. The maximum Gasteiger partial charge on any atom is 0.275 e. The molecule has 0 bridgehead atoms. The first kappa shape index (κ1) is 11.9. The van der Waals surface area contributed by atoms with E-state index in [0.29, 0.717) is 11.1 Å². The summed E-state index contributed by atoms with van der Waals surface area (Å²) in [5, 5.41) is 18.9. The third-order valence-electron chi connectivity index (χ3n) is 2.09. The normalized spacial score (nSPS) is 10.3. The summed E-state index contributed by atoms with van der Waals surface area (Å²) in [6, 6.07) is 3.99. The highest BCUT2D eigenvalue weighted by Gasteiger charge is 2.14. The Hall–Kier alpha value is -2.22. The van der Waals surface area contributed by atoms with Crippen molar-refractivity contribution in [1.82, 2.24) is 0 Å². The van der Waals surface area contributed by atoms with Crippen molar-refractivity contribution >= 4 is 11.8 Å². The Kier molecular flexibility index (Phi) is 3.72. The molecule has 0 fully saturated rings. The molecule has 0 saturated carbocycles. The summed E-state index contributed by atoms with van der Waals surface area (Å²) < 4.78 is 13.1. The predicted molar refractivity (Wildman–Crippen MR) is 57.1 cm³/mol. The highest BCUT2D eigenvalue weighted by atomic mass is 19.1. The summed E-state index contributed by atoms with van der Waals surface area (Å²) in [6.07, 6.45) is 3.23. The number of halogens is 1. The fourth-order valence-electron chi connectivity index (χ4n) is 1.29. The fourth-order valence-corrected chi connectivity index (χ4v) is 1.29. The molecule has 0 aliphatic rings. The first-order chi connectivity index (χ1) is 7.56. The molecule has 82 valence electrons. The summed E-state index contributed by atoms with van der Waals surface area (Å²) in [5.41, 5.74) is 0.555. The molecule has 0 radical (unpaired) electrons. The lowest BCUT2D eigenvalue weighted by atomic mass is 10.1. The smallest absolute Gasteiger partial charge is 0.258 e. The van der Waals surface area contributed by atoms with E-state index < -0.39 is 10.7 Å². The van der Waals surface area contributed by atoms with Gasteiger partial charge in [0.25, 0.3) is 5.69 Å². The summed E-state index contributed by atoms with van der Waals surface area (Å²) >= 11 is 0. The zero-order chi connectivity index (χ0) is 12.1. The second-order valence-electron chi connectivity index (χ2n) is 3.16. The first-order valence-electron chi connectivity index (χ1n) is 4.54. The van der Waals surface area contributed by atoms with Gasteiger partial charge in [-0.2, -0.15) is 5.26 Å². The van der Waals surface area contributed by atoms with Gasteiger partial charge >= 0.3 is 0 Å². The lowest BCUT2D eigenvalue weighted by Gasteiger charge is -2.02. The van der Waals surface area contributed by atoms with E-state index in [1.165, 1.54) is 18.2 Å². The van der Waals surface area contributed by atoms with Gasteiger partial charge in [0, 0.05) is 5.56 Å². The number of nitro benzene ring substituents is 1. The number of nitro groups is 1. The fraction of sp³-hybridized carbons (Fsp3) is 0.182. The molecule has 0 spiro atoms. The van der Waals surface area contributed by atoms with E-state index in [1.807, 2.05) is 6.07 Å². The van der Waals surface area contributed by atoms with Gasteiger partial charge in [-0.1, -0.05) is 12.2 Å². The van der Waals surface area contributed by atoms with Crippen molar-refractivity contribution in [2.45, 2.75) is 13.3 Å². The minimum atomic E-state index is -0.658. The molecule has 5 heteroatoms. The van der Waals surface area contributed by atoms with Gasteiger partial charge in [-0.3, -0.25) is 10.1 Å². The van der Waals surface area contributed by atoms with Crippen LogP contribution in [0.4, 0.5) is 10.1 Å². The van der Waals surface area contributed by atoms with Gasteiger partial charge in [-0.25, -0.2) is 4.39 Å². The van der Waals surface area contributed by atoms with Crippen molar-refractivity contribution in [2.24, 2.45) is 0 Å². The average Bonchev–Trinajstić information content (AvgIpc) is 2.22. The summed E-state index contributed by atoms with van der Waals surface area (Å²) in [6.45, 7) is 1.55. The van der Waals surface area contributed by atoms with Crippen LogP contribution in [-0.2, 0) is 0 Å². The van der Waals surface area contributed by atoms with E-state index in [2.05, 4.69) is 0 Å². The Labute approximate surface area is 91.8 Å². The first-order valence-corrected chi connectivity index (χ1v) is 4.54. The van der Waals surface area contributed by atoms with Crippen LogP contribution >= 0.6 is 0 Å². The summed E-state index contributed by atoms with van der Waals surface area (Å²) in [4.78, 5) is 9.99. The highest BCUT2D eigenvalue weighted by molar-refractivity contribution is 5.60. The molecule has 0 atom stereocenters. The van der Waals surface area contributed by atoms with E-state index in [4.69, 9.17) is 5.26 Å². The predicted octanol–water partition coefficient (Wildman–Crippen LogP) is 2.97. The Morgan fingerprint density at radius 2 is 2.31 bits per heavy atom. The van der Waals surface area contributed by atoms with Crippen molar-refractivity contribution in [1.29, 1.82) is 5.26 Å². The van der Waals surface area contributed by atoms with E-state index in [1.54, 1.807) is 6.92 Å². The Bertz CT molecular complexity index is 489. The molecule has 0 aliphatic heterocycles. The number of hydrogen-bond donors (Lipinski definition) is 0. The van der Waals surface area contributed by atoms with Crippen LogP contribution in [0.3, 0.4) is 0 Å². The highest BCUT2D eigenvalue weighted by Crippen LogP contribution is 2.24. The maximum atomic E-state index is 13.1. The van der Waals surface area contributed by atoms with Crippen molar-refractivity contribution in [3.63, 3.8) is 0 Å². The van der Waals surface area contributed by atoms with Crippen molar-refractivity contribution < 1.29 is 9.31 Å². The third-order valence-corrected chi connectivity index (χ3v) is 2.09. The van der Waals surface area contributed by atoms with Gasteiger partial charge in [-0.15, -0.1) is 0 Å². The molecular weight excluding hydrogens is 211 g/mol. The zero-order valence-electron chi connectivity index (χ0n) is 8.61. The van der Waals surface area contributed by atoms with Gasteiger partial charge in [0.2, 0.25) is 0 Å². The molecule has 1 aromatic rings.